The van der Waals surface area contributed by atoms with Crippen molar-refractivity contribution in [1.82, 2.24) is 25.1 Å². The van der Waals surface area contributed by atoms with Crippen LogP contribution >= 0.6 is 0 Å². The molecule has 0 spiro atoms. The summed E-state index contributed by atoms with van der Waals surface area (Å²) in [6.45, 7) is 5.13. The van der Waals surface area contributed by atoms with E-state index in [4.69, 9.17) is 14.5 Å². The third kappa shape index (κ3) is 5.77. The van der Waals surface area contributed by atoms with Gasteiger partial charge < -0.3 is 24.2 Å². The van der Waals surface area contributed by atoms with Crippen molar-refractivity contribution in [2.75, 3.05) is 66.7 Å². The molecule has 42 heavy (non-hydrogen) atoms. The van der Waals surface area contributed by atoms with Gasteiger partial charge in [-0.05, 0) is 55.4 Å². The fourth-order valence-corrected chi connectivity index (χ4v) is 7.04. The topological polar surface area (TPSA) is 158 Å². The summed E-state index contributed by atoms with van der Waals surface area (Å²) in [5, 5.41) is 17.8. The van der Waals surface area contributed by atoms with Crippen molar-refractivity contribution in [3.63, 3.8) is 0 Å². The molecule has 2 fully saturated rings. The maximum Gasteiger partial charge on any atom is 0.266 e. The molecule has 2 aromatic heterocycles. The Morgan fingerprint density at radius 3 is 2.69 bits per heavy atom. The third-order valence-electron chi connectivity index (χ3n) is 8.51. The van der Waals surface area contributed by atoms with Gasteiger partial charge in [0.25, 0.3) is 5.89 Å². The van der Waals surface area contributed by atoms with Crippen molar-refractivity contribution in [3.8, 4) is 23.0 Å². The first-order valence-corrected chi connectivity index (χ1v) is 16.0. The molecular formula is C28H36N8O5S. The van der Waals surface area contributed by atoms with E-state index in [1.807, 2.05) is 11.9 Å². The average molecular weight is 597 g/mol. The molecule has 0 aliphatic carbocycles. The molecule has 1 atom stereocenters. The molecule has 13 nitrogen and oxygen atoms in total. The number of anilines is 3. The van der Waals surface area contributed by atoms with Crippen molar-refractivity contribution >= 4 is 33.3 Å². The Balaban J connectivity index is 1.42. The van der Waals surface area contributed by atoms with E-state index in [0.29, 0.717) is 55.0 Å². The summed E-state index contributed by atoms with van der Waals surface area (Å²) in [5.74, 6) is 0.670. The number of benzene rings is 1. The van der Waals surface area contributed by atoms with Crippen LogP contribution in [0.15, 0.2) is 34.9 Å². The molecule has 0 radical (unpaired) electrons. The van der Waals surface area contributed by atoms with Crippen molar-refractivity contribution in [2.24, 2.45) is 11.3 Å². The molecule has 1 unspecified atom stereocenters. The number of carbonyl (C=O) groups excluding carboxylic acids is 1. The predicted octanol–water partition coefficient (Wildman–Crippen LogP) is 2.22. The first-order valence-electron chi connectivity index (χ1n) is 14.3. The molecular weight excluding hydrogens is 560 g/mol. The Kier molecular flexibility index (Phi) is 7.51. The zero-order valence-electron chi connectivity index (χ0n) is 23.9. The number of amides is 1. The highest BCUT2D eigenvalue weighted by Crippen LogP contribution is 2.40. The molecule has 0 saturated carbocycles. The van der Waals surface area contributed by atoms with Crippen LogP contribution in [0.25, 0.3) is 23.0 Å². The Bertz CT molecular complexity index is 1570. The molecule has 4 aliphatic rings. The summed E-state index contributed by atoms with van der Waals surface area (Å²) in [6.07, 6.45) is 5.05. The van der Waals surface area contributed by atoms with Crippen molar-refractivity contribution < 1.29 is 22.7 Å². The number of piperidine rings is 2. The van der Waals surface area contributed by atoms with Gasteiger partial charge in [-0.3, -0.25) is 9.52 Å². The highest BCUT2D eigenvalue weighted by molar-refractivity contribution is 7.92. The molecule has 2 N–H and O–H groups in total. The second-order valence-corrected chi connectivity index (χ2v) is 13.6. The minimum Gasteiger partial charge on any atom is -0.415 e. The highest BCUT2D eigenvalue weighted by atomic mass is 32.2. The number of aromatic nitrogens is 4. The minimum atomic E-state index is -3.72. The first-order chi connectivity index (χ1) is 20.1. The normalized spacial score (nSPS) is 22.9. The molecule has 6 heterocycles. The highest BCUT2D eigenvalue weighted by Gasteiger charge is 2.36. The van der Waals surface area contributed by atoms with Crippen LogP contribution in [0.1, 0.15) is 32.6 Å². The number of nitrogens with one attached hydrogen (secondary N) is 1. The van der Waals surface area contributed by atoms with E-state index in [2.05, 4.69) is 36.6 Å². The van der Waals surface area contributed by atoms with Gasteiger partial charge in [0.05, 0.1) is 35.2 Å². The molecule has 1 aromatic carbocycles. The second-order valence-electron chi connectivity index (χ2n) is 11.8. The number of hydrogen-bond donors (Lipinski definition) is 2. The SMILES string of the molecule is CN1CC2(C)CCN(CC2)c2cc(NS(=O)(=O)CCO)ccc2-c2nnc(o2)-c2ccnc(n2)N2CCCC(C2)C1=O. The van der Waals surface area contributed by atoms with Crippen LogP contribution in [-0.2, 0) is 14.8 Å². The van der Waals surface area contributed by atoms with Gasteiger partial charge in [-0.15, -0.1) is 10.2 Å². The zero-order valence-corrected chi connectivity index (χ0v) is 24.7. The zero-order chi connectivity index (χ0) is 29.5. The smallest absolute Gasteiger partial charge is 0.266 e. The lowest BCUT2D eigenvalue weighted by molar-refractivity contribution is -0.136. The molecule has 224 valence electrons. The molecule has 4 aliphatic heterocycles. The lowest BCUT2D eigenvalue weighted by Crippen LogP contribution is -2.49. The summed E-state index contributed by atoms with van der Waals surface area (Å²) in [4.78, 5) is 28.9. The van der Waals surface area contributed by atoms with Crippen LogP contribution < -0.4 is 14.5 Å². The number of nitrogens with zero attached hydrogens (tertiary/aromatic N) is 7. The standard InChI is InChI=1S/C28H36N8O5S/c1-28-8-12-35(13-9-28)23-16-20(33-42(39,40)15-14-37)5-6-21(23)24-31-32-25(41-24)22-7-10-29-27(30-22)36-11-3-4-19(17-36)26(38)34(2)18-28/h5-7,10,16,19,33,37H,3-4,8-9,11-15,17-18H2,1-2H3. The molecule has 8 bridgehead atoms. The lowest BCUT2D eigenvalue weighted by Gasteiger charge is -2.43. The van der Waals surface area contributed by atoms with Crippen LogP contribution in [0.3, 0.4) is 0 Å². The van der Waals surface area contributed by atoms with Crippen LogP contribution in [-0.4, -0.2) is 96.6 Å². The number of carbonyl (C=O) groups is 1. The monoisotopic (exact) mass is 596 g/mol. The number of rotatable bonds is 4. The summed E-state index contributed by atoms with van der Waals surface area (Å²) < 4.78 is 33.5. The van der Waals surface area contributed by atoms with E-state index in [1.54, 1.807) is 30.5 Å². The first kappa shape index (κ1) is 28.3. The lowest BCUT2D eigenvalue weighted by atomic mass is 9.79. The number of sulfonamides is 1. The Morgan fingerprint density at radius 2 is 1.90 bits per heavy atom. The van der Waals surface area contributed by atoms with Gasteiger partial charge in [-0.1, -0.05) is 6.92 Å². The third-order valence-corrected chi connectivity index (χ3v) is 9.78. The van der Waals surface area contributed by atoms with E-state index in [0.717, 1.165) is 37.9 Å². The van der Waals surface area contributed by atoms with Gasteiger partial charge in [-0.25, -0.2) is 18.4 Å². The number of hydrogen-bond acceptors (Lipinski definition) is 11. The predicted molar refractivity (Wildman–Crippen MR) is 157 cm³/mol. The van der Waals surface area contributed by atoms with Crippen molar-refractivity contribution in [1.29, 1.82) is 0 Å². The van der Waals surface area contributed by atoms with Crippen LogP contribution in [0.4, 0.5) is 17.3 Å². The number of aliphatic hydroxyl groups excluding tert-OH is 1. The largest absolute Gasteiger partial charge is 0.415 e. The van der Waals surface area contributed by atoms with Gasteiger partial charge in [0.1, 0.15) is 5.69 Å². The average Bonchev–Trinajstić information content (AvgIpc) is 3.47. The number of aliphatic hydroxyl groups is 1. The summed E-state index contributed by atoms with van der Waals surface area (Å²) in [5.41, 5.74) is 2.21. The second kappa shape index (κ2) is 11.1. The quantitative estimate of drug-likeness (QED) is 0.455. The van der Waals surface area contributed by atoms with E-state index < -0.39 is 22.4 Å². The van der Waals surface area contributed by atoms with Gasteiger partial charge in [0.15, 0.2) is 0 Å². The summed E-state index contributed by atoms with van der Waals surface area (Å²) >= 11 is 0. The van der Waals surface area contributed by atoms with Crippen LogP contribution in [0.5, 0.6) is 0 Å². The van der Waals surface area contributed by atoms with Crippen LogP contribution in [0.2, 0.25) is 0 Å². The van der Waals surface area contributed by atoms with Gasteiger partial charge >= 0.3 is 0 Å². The van der Waals surface area contributed by atoms with Gasteiger partial charge in [0, 0.05) is 46.0 Å². The van der Waals surface area contributed by atoms with E-state index in [-0.39, 0.29) is 23.1 Å². The maximum absolute atomic E-state index is 13.6. The Labute approximate surface area is 245 Å². The summed E-state index contributed by atoms with van der Waals surface area (Å²) in [7, 11) is -1.81. The minimum absolute atomic E-state index is 0.0731. The molecule has 7 rings (SSSR count). The van der Waals surface area contributed by atoms with E-state index in [9.17, 15) is 13.2 Å². The van der Waals surface area contributed by atoms with Gasteiger partial charge in [0.2, 0.25) is 27.8 Å². The van der Waals surface area contributed by atoms with Crippen molar-refractivity contribution in [3.05, 3.63) is 30.5 Å². The maximum atomic E-state index is 13.6. The van der Waals surface area contributed by atoms with Crippen LogP contribution in [0, 0.1) is 11.3 Å². The van der Waals surface area contributed by atoms with E-state index in [1.165, 1.54) is 0 Å². The fourth-order valence-electron chi connectivity index (χ4n) is 6.21. The summed E-state index contributed by atoms with van der Waals surface area (Å²) in [6, 6.07) is 6.89. The molecule has 3 aromatic rings. The molecule has 1 amide bonds. The molecule has 2 saturated heterocycles. The van der Waals surface area contributed by atoms with E-state index >= 15 is 0 Å². The fraction of sp³-hybridized carbons (Fsp3) is 0.536. The molecule has 14 heteroatoms. The Morgan fingerprint density at radius 1 is 1.12 bits per heavy atom. The Hall–Kier alpha value is -3.78. The van der Waals surface area contributed by atoms with Gasteiger partial charge in [-0.2, -0.15) is 0 Å². The number of fused-ring (bicyclic) bond motifs is 4. The van der Waals surface area contributed by atoms with Crippen molar-refractivity contribution in [2.45, 2.75) is 32.6 Å².